The van der Waals surface area contributed by atoms with Gasteiger partial charge in [-0.05, 0) is 29.2 Å². The second kappa shape index (κ2) is 7.08. The Kier molecular flexibility index (Phi) is 6.07. The zero-order valence-corrected chi connectivity index (χ0v) is 13.0. The number of ether oxygens (including phenoxy) is 1. The van der Waals surface area contributed by atoms with Crippen LogP contribution in [-0.4, -0.2) is 12.4 Å². The van der Waals surface area contributed by atoms with E-state index in [9.17, 15) is 0 Å². The van der Waals surface area contributed by atoms with Gasteiger partial charge in [0.2, 0.25) is 0 Å². The molecule has 0 aromatic heterocycles. The second-order valence-electron chi connectivity index (χ2n) is 5.89. The molecule has 0 saturated carbocycles. The fourth-order valence-electron chi connectivity index (χ4n) is 2.06. The molecule has 2 heteroatoms. The van der Waals surface area contributed by atoms with E-state index >= 15 is 0 Å². The third-order valence-corrected chi connectivity index (χ3v) is 3.64. The summed E-state index contributed by atoms with van der Waals surface area (Å²) in [7, 11) is 0. The zero-order chi connectivity index (χ0) is 13.6. The SMILES string of the molecule is CCCC(CS)COc1ccccc1C(C)(C)C. The smallest absolute Gasteiger partial charge is 0.123 e. The molecule has 1 nitrogen and oxygen atoms in total. The Balaban J connectivity index is 2.73. The Bertz CT molecular complexity index is 354. The maximum atomic E-state index is 6.02. The number of thiol groups is 1. The molecule has 1 atom stereocenters. The van der Waals surface area contributed by atoms with Crippen molar-refractivity contribution in [1.82, 2.24) is 0 Å². The van der Waals surface area contributed by atoms with E-state index in [1.807, 2.05) is 6.07 Å². The Morgan fingerprint density at radius 3 is 2.44 bits per heavy atom. The molecule has 0 aliphatic carbocycles. The van der Waals surface area contributed by atoms with Crippen LogP contribution in [0.2, 0.25) is 0 Å². The lowest BCUT2D eigenvalue weighted by Crippen LogP contribution is -2.17. The fraction of sp³-hybridized carbons (Fsp3) is 0.625. The molecule has 0 aliphatic heterocycles. The van der Waals surface area contributed by atoms with Crippen LogP contribution in [0.15, 0.2) is 24.3 Å². The molecule has 1 rings (SSSR count). The fourth-order valence-corrected chi connectivity index (χ4v) is 2.34. The predicted molar refractivity (Wildman–Crippen MR) is 82.9 cm³/mol. The summed E-state index contributed by atoms with van der Waals surface area (Å²) in [6, 6.07) is 8.35. The normalized spacial score (nSPS) is 13.4. The van der Waals surface area contributed by atoms with Crippen LogP contribution in [0.3, 0.4) is 0 Å². The van der Waals surface area contributed by atoms with E-state index < -0.39 is 0 Å². The minimum atomic E-state index is 0.123. The summed E-state index contributed by atoms with van der Waals surface area (Å²) in [5.41, 5.74) is 1.40. The van der Waals surface area contributed by atoms with Crippen molar-refractivity contribution in [2.45, 2.75) is 46.0 Å². The van der Waals surface area contributed by atoms with Crippen molar-refractivity contribution in [2.75, 3.05) is 12.4 Å². The molecule has 0 saturated heterocycles. The zero-order valence-electron chi connectivity index (χ0n) is 12.1. The largest absolute Gasteiger partial charge is 0.493 e. The maximum Gasteiger partial charge on any atom is 0.123 e. The molecule has 0 N–H and O–H groups in total. The van der Waals surface area contributed by atoms with Crippen LogP contribution >= 0.6 is 12.6 Å². The number of hydrogen-bond acceptors (Lipinski definition) is 2. The van der Waals surface area contributed by atoms with E-state index in [1.165, 1.54) is 18.4 Å². The highest BCUT2D eigenvalue weighted by Crippen LogP contribution is 2.31. The summed E-state index contributed by atoms with van der Waals surface area (Å²) in [6.45, 7) is 9.63. The molecule has 1 unspecified atom stereocenters. The number of benzene rings is 1. The average molecular weight is 266 g/mol. The van der Waals surface area contributed by atoms with Crippen molar-refractivity contribution in [3.05, 3.63) is 29.8 Å². The van der Waals surface area contributed by atoms with E-state index in [-0.39, 0.29) is 5.41 Å². The molecular weight excluding hydrogens is 240 g/mol. The highest BCUT2D eigenvalue weighted by Gasteiger charge is 2.18. The molecular formula is C16H26OS. The molecule has 102 valence electrons. The first kappa shape index (κ1) is 15.4. The highest BCUT2D eigenvalue weighted by atomic mass is 32.1. The third-order valence-electron chi connectivity index (χ3n) is 3.12. The minimum absolute atomic E-state index is 0.123. The summed E-state index contributed by atoms with van der Waals surface area (Å²) in [5, 5.41) is 0. The first-order chi connectivity index (χ1) is 8.49. The van der Waals surface area contributed by atoms with Gasteiger partial charge in [-0.15, -0.1) is 0 Å². The Morgan fingerprint density at radius 1 is 1.22 bits per heavy atom. The summed E-state index contributed by atoms with van der Waals surface area (Å²) in [5.74, 6) is 2.46. The van der Waals surface area contributed by atoms with Gasteiger partial charge in [0.25, 0.3) is 0 Å². The highest BCUT2D eigenvalue weighted by molar-refractivity contribution is 7.80. The monoisotopic (exact) mass is 266 g/mol. The van der Waals surface area contributed by atoms with Gasteiger partial charge in [0, 0.05) is 5.92 Å². The molecule has 0 amide bonds. The molecule has 18 heavy (non-hydrogen) atoms. The van der Waals surface area contributed by atoms with Crippen LogP contribution in [-0.2, 0) is 5.41 Å². The minimum Gasteiger partial charge on any atom is -0.493 e. The number of rotatable bonds is 6. The molecule has 0 bridgehead atoms. The van der Waals surface area contributed by atoms with Crippen LogP contribution in [0.1, 0.15) is 46.1 Å². The quantitative estimate of drug-likeness (QED) is 0.734. The van der Waals surface area contributed by atoms with E-state index in [0.717, 1.165) is 18.1 Å². The second-order valence-corrected chi connectivity index (χ2v) is 6.26. The molecule has 1 aromatic rings. The lowest BCUT2D eigenvalue weighted by molar-refractivity contribution is 0.249. The summed E-state index contributed by atoms with van der Waals surface area (Å²) >= 11 is 4.40. The lowest BCUT2D eigenvalue weighted by Gasteiger charge is -2.24. The molecule has 1 aromatic carbocycles. The third kappa shape index (κ3) is 4.56. The van der Waals surface area contributed by atoms with Crippen molar-refractivity contribution >= 4 is 12.6 Å². The van der Waals surface area contributed by atoms with Crippen LogP contribution < -0.4 is 4.74 Å². The van der Waals surface area contributed by atoms with Crippen LogP contribution in [0.25, 0.3) is 0 Å². The van der Waals surface area contributed by atoms with Gasteiger partial charge in [-0.3, -0.25) is 0 Å². The van der Waals surface area contributed by atoms with Gasteiger partial charge in [0.1, 0.15) is 5.75 Å². The molecule has 0 spiro atoms. The summed E-state index contributed by atoms with van der Waals surface area (Å²) < 4.78 is 6.02. The van der Waals surface area contributed by atoms with Crippen LogP contribution in [0.5, 0.6) is 5.75 Å². The molecule has 0 radical (unpaired) electrons. The van der Waals surface area contributed by atoms with Gasteiger partial charge in [-0.1, -0.05) is 52.3 Å². The Morgan fingerprint density at radius 2 is 1.89 bits per heavy atom. The Labute approximate surface area is 117 Å². The first-order valence-corrected chi connectivity index (χ1v) is 7.45. The van der Waals surface area contributed by atoms with E-state index in [0.29, 0.717) is 5.92 Å². The Hall–Kier alpha value is -0.630. The molecule has 0 heterocycles. The average Bonchev–Trinajstić information content (AvgIpc) is 2.33. The van der Waals surface area contributed by atoms with Gasteiger partial charge in [-0.2, -0.15) is 12.6 Å². The standard InChI is InChI=1S/C16H26OS/c1-5-8-13(12-18)11-17-15-10-7-6-9-14(15)16(2,3)4/h6-7,9-10,13,18H,5,8,11-12H2,1-4H3. The van der Waals surface area contributed by atoms with Crippen molar-refractivity contribution in [1.29, 1.82) is 0 Å². The van der Waals surface area contributed by atoms with Crippen molar-refractivity contribution < 1.29 is 4.74 Å². The van der Waals surface area contributed by atoms with Crippen molar-refractivity contribution in [3.8, 4) is 5.75 Å². The van der Waals surface area contributed by atoms with E-state index in [4.69, 9.17) is 4.74 Å². The summed E-state index contributed by atoms with van der Waals surface area (Å²) in [4.78, 5) is 0. The van der Waals surface area contributed by atoms with Crippen molar-refractivity contribution in [3.63, 3.8) is 0 Å². The number of para-hydroxylation sites is 1. The number of hydrogen-bond donors (Lipinski definition) is 1. The molecule has 0 fully saturated rings. The lowest BCUT2D eigenvalue weighted by atomic mass is 9.86. The predicted octanol–water partition coefficient (Wildman–Crippen LogP) is 4.71. The van der Waals surface area contributed by atoms with Gasteiger partial charge < -0.3 is 4.74 Å². The van der Waals surface area contributed by atoms with E-state index in [1.54, 1.807) is 0 Å². The van der Waals surface area contributed by atoms with Gasteiger partial charge in [-0.25, -0.2) is 0 Å². The van der Waals surface area contributed by atoms with Crippen molar-refractivity contribution in [2.24, 2.45) is 5.92 Å². The topological polar surface area (TPSA) is 9.23 Å². The van der Waals surface area contributed by atoms with Crippen LogP contribution in [0.4, 0.5) is 0 Å². The maximum absolute atomic E-state index is 6.02. The molecule has 0 aliphatic rings. The first-order valence-electron chi connectivity index (χ1n) is 6.82. The van der Waals surface area contributed by atoms with Gasteiger partial charge >= 0.3 is 0 Å². The van der Waals surface area contributed by atoms with Gasteiger partial charge in [0.05, 0.1) is 6.61 Å². The van der Waals surface area contributed by atoms with Crippen LogP contribution in [0, 0.1) is 5.92 Å². The summed E-state index contributed by atoms with van der Waals surface area (Å²) in [6.07, 6.45) is 2.37. The van der Waals surface area contributed by atoms with Gasteiger partial charge in [0.15, 0.2) is 0 Å². The van der Waals surface area contributed by atoms with E-state index in [2.05, 4.69) is 58.5 Å².